The molecule has 0 spiro atoms. The maximum atomic E-state index is 14.5. The van der Waals surface area contributed by atoms with Crippen LogP contribution in [0.5, 0.6) is 0 Å². The molecule has 0 aromatic rings. The number of rotatable bonds is 1. The van der Waals surface area contributed by atoms with E-state index in [2.05, 4.69) is 0 Å². The molecule has 0 saturated heterocycles. The Balaban J connectivity index is 1.75. The highest BCUT2D eigenvalue weighted by molar-refractivity contribution is 5.91. The second-order valence-electron chi connectivity index (χ2n) is 10.0. The molecule has 4 aliphatic carbocycles. The van der Waals surface area contributed by atoms with Crippen LogP contribution in [-0.2, 0) is 4.79 Å². The third-order valence-corrected chi connectivity index (χ3v) is 8.92. The number of halogens is 5. The third-order valence-electron chi connectivity index (χ3n) is 8.92. The topological polar surface area (TPSA) is 57.5 Å². The minimum atomic E-state index is -5.86. The fourth-order valence-corrected chi connectivity index (χ4v) is 7.44. The quantitative estimate of drug-likeness (QED) is 0.615. The SMILES string of the molecule is C[C@]12CCC(=O)C=C1CC[C@@H]1[C@@H]2[C@@H](O)C[C@@]2(C)[C@H]1CC[C@@]2(O)C(F)(F)C(F)(F)F. The van der Waals surface area contributed by atoms with E-state index >= 15 is 0 Å². The first kappa shape index (κ1) is 21.2. The summed E-state index contributed by atoms with van der Waals surface area (Å²) >= 11 is 0. The van der Waals surface area contributed by atoms with E-state index in [-0.39, 0.29) is 30.5 Å². The fourth-order valence-electron chi connectivity index (χ4n) is 7.44. The van der Waals surface area contributed by atoms with Crippen molar-refractivity contribution in [1.29, 1.82) is 0 Å². The molecule has 0 unspecified atom stereocenters. The van der Waals surface area contributed by atoms with E-state index in [1.807, 2.05) is 6.92 Å². The number of alkyl halides is 5. The molecule has 4 rings (SSSR count). The Kier molecular flexibility index (Phi) is 4.41. The van der Waals surface area contributed by atoms with Crippen molar-refractivity contribution in [3.8, 4) is 0 Å². The van der Waals surface area contributed by atoms with Gasteiger partial charge in [0.1, 0.15) is 5.60 Å². The summed E-state index contributed by atoms with van der Waals surface area (Å²) in [7, 11) is 0. The van der Waals surface area contributed by atoms with Crippen molar-refractivity contribution in [1.82, 2.24) is 0 Å². The number of carbonyl (C=O) groups is 1. The molecular weight excluding hydrogens is 395 g/mol. The number of fused-ring (bicyclic) bond motifs is 5. The van der Waals surface area contributed by atoms with Gasteiger partial charge in [0, 0.05) is 11.8 Å². The molecule has 29 heavy (non-hydrogen) atoms. The zero-order valence-corrected chi connectivity index (χ0v) is 16.5. The standard InChI is InChI=1S/C21H27F5O3/c1-17-7-5-12(27)9-11(17)3-4-13-14-6-8-19(29,20(22,23)21(24,25)26)18(14,2)10-15(28)16(13)17/h9,13-16,28-29H,3-8,10H2,1-2H3/t13-,14-,15-,16+,17-,18-,19-/m0/s1. The lowest BCUT2D eigenvalue weighted by Crippen LogP contribution is -2.67. The molecule has 4 aliphatic rings. The van der Waals surface area contributed by atoms with Crippen molar-refractivity contribution in [2.45, 2.75) is 82.6 Å². The molecule has 0 bridgehead atoms. The zero-order chi connectivity index (χ0) is 21.6. The van der Waals surface area contributed by atoms with E-state index in [9.17, 15) is 37.0 Å². The highest BCUT2D eigenvalue weighted by atomic mass is 19.4. The molecule has 0 radical (unpaired) electrons. The second kappa shape index (κ2) is 6.02. The molecule has 0 aliphatic heterocycles. The summed E-state index contributed by atoms with van der Waals surface area (Å²) in [6, 6.07) is 0. The van der Waals surface area contributed by atoms with E-state index in [1.54, 1.807) is 6.08 Å². The van der Waals surface area contributed by atoms with Crippen LogP contribution in [0.3, 0.4) is 0 Å². The minimum absolute atomic E-state index is 0.0334. The van der Waals surface area contributed by atoms with Gasteiger partial charge in [-0.05, 0) is 67.8 Å². The number of allylic oxidation sites excluding steroid dienone is 1. The summed E-state index contributed by atoms with van der Waals surface area (Å²) in [5.41, 5.74) is -4.50. The van der Waals surface area contributed by atoms with Crippen molar-refractivity contribution in [3.63, 3.8) is 0 Å². The van der Waals surface area contributed by atoms with Gasteiger partial charge in [0.15, 0.2) is 5.78 Å². The predicted octanol–water partition coefficient (Wildman–Crippen LogP) is 4.42. The van der Waals surface area contributed by atoms with E-state index in [0.717, 1.165) is 5.57 Å². The van der Waals surface area contributed by atoms with Gasteiger partial charge in [0.25, 0.3) is 0 Å². The predicted molar refractivity (Wildman–Crippen MR) is 94.1 cm³/mol. The van der Waals surface area contributed by atoms with Gasteiger partial charge in [-0.2, -0.15) is 22.0 Å². The number of ketones is 1. The highest BCUT2D eigenvalue weighted by Crippen LogP contribution is 2.70. The molecule has 164 valence electrons. The van der Waals surface area contributed by atoms with Gasteiger partial charge < -0.3 is 10.2 Å². The molecule has 0 heterocycles. The van der Waals surface area contributed by atoms with Gasteiger partial charge in [0.2, 0.25) is 0 Å². The monoisotopic (exact) mass is 422 g/mol. The van der Waals surface area contributed by atoms with Crippen molar-refractivity contribution in [2.24, 2.45) is 28.6 Å². The van der Waals surface area contributed by atoms with Crippen LogP contribution in [0, 0.1) is 28.6 Å². The van der Waals surface area contributed by atoms with Crippen LogP contribution < -0.4 is 0 Å². The number of hydrogen-bond acceptors (Lipinski definition) is 3. The lowest BCUT2D eigenvalue weighted by Gasteiger charge is -2.61. The second-order valence-corrected chi connectivity index (χ2v) is 10.0. The van der Waals surface area contributed by atoms with Gasteiger partial charge in [-0.15, -0.1) is 0 Å². The molecule has 3 saturated carbocycles. The van der Waals surface area contributed by atoms with Crippen molar-refractivity contribution in [2.75, 3.05) is 0 Å². The molecule has 2 N–H and O–H groups in total. The molecule has 0 aromatic heterocycles. The summed E-state index contributed by atoms with van der Waals surface area (Å²) in [5, 5.41) is 21.8. The molecular formula is C21H27F5O3. The maximum absolute atomic E-state index is 14.5. The smallest absolute Gasteiger partial charge is 0.393 e. The molecule has 7 atom stereocenters. The Hall–Kier alpha value is -1.02. The van der Waals surface area contributed by atoms with Crippen LogP contribution in [0.2, 0.25) is 0 Å². The zero-order valence-electron chi connectivity index (χ0n) is 16.5. The molecule has 3 nitrogen and oxygen atoms in total. The molecule has 0 amide bonds. The van der Waals surface area contributed by atoms with Crippen LogP contribution in [0.4, 0.5) is 22.0 Å². The van der Waals surface area contributed by atoms with Crippen LogP contribution in [0.15, 0.2) is 11.6 Å². The summed E-state index contributed by atoms with van der Waals surface area (Å²) in [5.74, 6) is -6.33. The summed E-state index contributed by atoms with van der Waals surface area (Å²) in [6.07, 6.45) is -4.26. The summed E-state index contributed by atoms with van der Waals surface area (Å²) < 4.78 is 68.5. The van der Waals surface area contributed by atoms with Crippen molar-refractivity contribution < 1.29 is 37.0 Å². The number of aliphatic hydroxyl groups excluding tert-OH is 1. The lowest BCUT2D eigenvalue weighted by atomic mass is 9.45. The number of carbonyl (C=O) groups excluding carboxylic acids is 1. The average molecular weight is 422 g/mol. The minimum Gasteiger partial charge on any atom is -0.393 e. The normalized spacial score (nSPS) is 47.9. The van der Waals surface area contributed by atoms with Gasteiger partial charge in [-0.1, -0.05) is 19.4 Å². The van der Waals surface area contributed by atoms with E-state index < -0.39 is 47.0 Å². The fraction of sp³-hybridized carbons (Fsp3) is 0.857. The Bertz CT molecular complexity index is 762. The first-order valence-corrected chi connectivity index (χ1v) is 10.3. The van der Waals surface area contributed by atoms with Crippen LogP contribution in [-0.4, -0.2) is 39.8 Å². The van der Waals surface area contributed by atoms with E-state index in [4.69, 9.17) is 0 Å². The molecule has 8 heteroatoms. The summed E-state index contributed by atoms with van der Waals surface area (Å²) in [6.45, 7) is 3.27. The van der Waals surface area contributed by atoms with Crippen LogP contribution in [0.1, 0.15) is 58.8 Å². The largest absolute Gasteiger partial charge is 0.456 e. The van der Waals surface area contributed by atoms with Crippen molar-refractivity contribution >= 4 is 5.78 Å². The van der Waals surface area contributed by atoms with E-state index in [1.165, 1.54) is 6.92 Å². The number of aliphatic hydroxyl groups is 2. The maximum Gasteiger partial charge on any atom is 0.456 e. The molecule has 0 aromatic carbocycles. The Morgan fingerprint density at radius 2 is 1.72 bits per heavy atom. The van der Waals surface area contributed by atoms with Crippen molar-refractivity contribution in [3.05, 3.63) is 11.6 Å². The first-order valence-electron chi connectivity index (χ1n) is 10.3. The Morgan fingerprint density at radius 3 is 2.34 bits per heavy atom. The lowest BCUT2D eigenvalue weighted by molar-refractivity contribution is -0.366. The average Bonchev–Trinajstić information content (AvgIpc) is 2.86. The Morgan fingerprint density at radius 1 is 1.07 bits per heavy atom. The third kappa shape index (κ3) is 2.51. The highest BCUT2D eigenvalue weighted by Gasteiger charge is 2.79. The van der Waals surface area contributed by atoms with Gasteiger partial charge in [-0.3, -0.25) is 4.79 Å². The molecule has 3 fully saturated rings. The first-order chi connectivity index (χ1) is 13.2. The number of hydrogen-bond donors (Lipinski definition) is 2. The van der Waals surface area contributed by atoms with Gasteiger partial charge >= 0.3 is 12.1 Å². The van der Waals surface area contributed by atoms with Crippen LogP contribution in [0.25, 0.3) is 0 Å². The summed E-state index contributed by atoms with van der Waals surface area (Å²) in [4.78, 5) is 11.9. The van der Waals surface area contributed by atoms with Gasteiger partial charge in [-0.25, -0.2) is 0 Å². The Labute approximate surface area is 166 Å². The van der Waals surface area contributed by atoms with Gasteiger partial charge in [0.05, 0.1) is 6.10 Å². The van der Waals surface area contributed by atoms with E-state index in [0.29, 0.717) is 25.7 Å². The van der Waals surface area contributed by atoms with Crippen LogP contribution >= 0.6 is 0 Å².